The number of amides is 2. The molecule has 5 heteroatoms. The van der Waals surface area contributed by atoms with Crippen LogP contribution in [0.15, 0.2) is 91.0 Å². The first-order valence-electron chi connectivity index (χ1n) is 10.7. The molecule has 1 fully saturated rings. The molecule has 1 heterocycles. The molecular weight excluding hydrogens is 386 g/mol. The minimum atomic E-state index is 0.0570. The predicted molar refractivity (Wildman–Crippen MR) is 123 cm³/mol. The third kappa shape index (κ3) is 5.38. The molecule has 0 bridgehead atoms. The van der Waals surface area contributed by atoms with Gasteiger partial charge in [0.05, 0.1) is 13.1 Å². The number of carbonyl (C=O) groups excluding carboxylic acids is 2. The number of hydrogen-bond donors (Lipinski definition) is 0. The number of piperazine rings is 1. The van der Waals surface area contributed by atoms with Crippen molar-refractivity contribution in [3.05, 3.63) is 102 Å². The quantitative estimate of drug-likeness (QED) is 0.619. The van der Waals surface area contributed by atoms with Crippen molar-refractivity contribution in [1.29, 1.82) is 0 Å². The number of hydrogen-bond acceptors (Lipinski definition) is 3. The fourth-order valence-electron chi connectivity index (χ4n) is 3.85. The zero-order chi connectivity index (χ0) is 21.5. The SMILES string of the molecule is O=C(c1ccccc1)N1CCN(CC(=O)N(Cc2ccccc2)c2ccccc2)CC1. The second-order valence-electron chi connectivity index (χ2n) is 7.74. The van der Waals surface area contributed by atoms with E-state index in [2.05, 4.69) is 4.90 Å². The molecule has 31 heavy (non-hydrogen) atoms. The van der Waals surface area contributed by atoms with Crippen molar-refractivity contribution in [2.45, 2.75) is 6.54 Å². The number of nitrogens with zero attached hydrogens (tertiary/aromatic N) is 3. The van der Waals surface area contributed by atoms with Crippen molar-refractivity contribution in [2.75, 3.05) is 37.6 Å². The Kier molecular flexibility index (Phi) is 6.75. The molecule has 3 aromatic rings. The maximum atomic E-state index is 13.3. The summed E-state index contributed by atoms with van der Waals surface area (Å²) < 4.78 is 0. The highest BCUT2D eigenvalue weighted by Gasteiger charge is 2.25. The molecule has 1 aliphatic heterocycles. The molecule has 1 saturated heterocycles. The second kappa shape index (κ2) is 10.0. The van der Waals surface area contributed by atoms with E-state index in [0.717, 1.165) is 11.3 Å². The molecular formula is C26H27N3O2. The summed E-state index contributed by atoms with van der Waals surface area (Å²) in [5.74, 6) is 0.124. The minimum Gasteiger partial charge on any atom is -0.336 e. The van der Waals surface area contributed by atoms with Crippen molar-refractivity contribution in [1.82, 2.24) is 9.80 Å². The van der Waals surface area contributed by atoms with Crippen LogP contribution < -0.4 is 4.90 Å². The lowest BCUT2D eigenvalue weighted by Crippen LogP contribution is -2.51. The van der Waals surface area contributed by atoms with Crippen LogP contribution in [0.2, 0.25) is 0 Å². The van der Waals surface area contributed by atoms with Gasteiger partial charge in [-0.2, -0.15) is 0 Å². The highest BCUT2D eigenvalue weighted by molar-refractivity contribution is 5.95. The molecule has 1 aliphatic rings. The Morgan fingerprint density at radius 1 is 0.710 bits per heavy atom. The first-order valence-corrected chi connectivity index (χ1v) is 10.7. The molecule has 0 radical (unpaired) electrons. The van der Waals surface area contributed by atoms with Gasteiger partial charge in [-0.15, -0.1) is 0 Å². The molecule has 158 valence electrons. The van der Waals surface area contributed by atoms with E-state index in [-0.39, 0.29) is 11.8 Å². The van der Waals surface area contributed by atoms with E-state index < -0.39 is 0 Å². The summed E-state index contributed by atoms with van der Waals surface area (Å²) in [6.45, 7) is 3.53. The predicted octanol–water partition coefficient (Wildman–Crippen LogP) is 3.68. The van der Waals surface area contributed by atoms with Gasteiger partial charge in [0.2, 0.25) is 5.91 Å². The van der Waals surface area contributed by atoms with Crippen LogP contribution in [0, 0.1) is 0 Å². The molecule has 0 aliphatic carbocycles. The van der Waals surface area contributed by atoms with Gasteiger partial charge >= 0.3 is 0 Å². The number of rotatable bonds is 6. The molecule has 0 atom stereocenters. The van der Waals surface area contributed by atoms with E-state index in [9.17, 15) is 9.59 Å². The lowest BCUT2D eigenvalue weighted by molar-refractivity contribution is -0.120. The van der Waals surface area contributed by atoms with E-state index in [1.807, 2.05) is 101 Å². The fraction of sp³-hybridized carbons (Fsp3) is 0.231. The Bertz CT molecular complexity index is 985. The van der Waals surface area contributed by atoms with Crippen LogP contribution in [0.3, 0.4) is 0 Å². The summed E-state index contributed by atoms with van der Waals surface area (Å²) in [6, 6.07) is 29.2. The van der Waals surface area contributed by atoms with Gasteiger partial charge in [-0.1, -0.05) is 66.7 Å². The monoisotopic (exact) mass is 413 g/mol. The van der Waals surface area contributed by atoms with Crippen LogP contribution in [0.5, 0.6) is 0 Å². The Labute approximate surface area is 183 Å². The van der Waals surface area contributed by atoms with Crippen LogP contribution in [-0.4, -0.2) is 54.3 Å². The summed E-state index contributed by atoms with van der Waals surface area (Å²) in [6.07, 6.45) is 0. The Morgan fingerprint density at radius 3 is 1.87 bits per heavy atom. The summed E-state index contributed by atoms with van der Waals surface area (Å²) in [5, 5.41) is 0. The largest absolute Gasteiger partial charge is 0.336 e. The van der Waals surface area contributed by atoms with Gasteiger partial charge in [-0.3, -0.25) is 14.5 Å². The second-order valence-corrected chi connectivity index (χ2v) is 7.74. The standard InChI is InChI=1S/C26H27N3O2/c30-25(29(24-14-8-3-9-15-24)20-22-10-4-1-5-11-22)21-27-16-18-28(19-17-27)26(31)23-12-6-2-7-13-23/h1-15H,16-21H2. The Hall–Kier alpha value is -3.44. The molecule has 0 spiro atoms. The van der Waals surface area contributed by atoms with Crippen molar-refractivity contribution >= 4 is 17.5 Å². The molecule has 4 rings (SSSR count). The van der Waals surface area contributed by atoms with Crippen LogP contribution >= 0.6 is 0 Å². The van der Waals surface area contributed by atoms with E-state index in [0.29, 0.717) is 44.8 Å². The lowest BCUT2D eigenvalue weighted by atomic mass is 10.1. The smallest absolute Gasteiger partial charge is 0.253 e. The molecule has 0 N–H and O–H groups in total. The summed E-state index contributed by atoms with van der Waals surface area (Å²) >= 11 is 0. The van der Waals surface area contributed by atoms with Gasteiger partial charge in [0.25, 0.3) is 5.91 Å². The fourth-order valence-corrected chi connectivity index (χ4v) is 3.85. The van der Waals surface area contributed by atoms with Gasteiger partial charge in [0.1, 0.15) is 0 Å². The summed E-state index contributed by atoms with van der Waals surface area (Å²) in [4.78, 5) is 31.8. The third-order valence-corrected chi connectivity index (χ3v) is 5.59. The van der Waals surface area contributed by atoms with Gasteiger partial charge in [0, 0.05) is 37.4 Å². The number of benzene rings is 3. The minimum absolute atomic E-state index is 0.0570. The number of anilines is 1. The summed E-state index contributed by atoms with van der Waals surface area (Å²) in [5.41, 5.74) is 2.71. The van der Waals surface area contributed by atoms with Crippen LogP contribution in [0.4, 0.5) is 5.69 Å². The maximum absolute atomic E-state index is 13.3. The normalized spacial score (nSPS) is 14.3. The highest BCUT2D eigenvalue weighted by atomic mass is 16.2. The Morgan fingerprint density at radius 2 is 1.26 bits per heavy atom. The number of carbonyl (C=O) groups is 2. The van der Waals surface area contributed by atoms with Gasteiger partial charge in [-0.25, -0.2) is 0 Å². The lowest BCUT2D eigenvalue weighted by Gasteiger charge is -2.35. The van der Waals surface area contributed by atoms with E-state index in [1.54, 1.807) is 0 Å². The van der Waals surface area contributed by atoms with Crippen LogP contribution in [0.25, 0.3) is 0 Å². The third-order valence-electron chi connectivity index (χ3n) is 5.59. The average molecular weight is 414 g/mol. The van der Waals surface area contributed by atoms with E-state index in [1.165, 1.54) is 0 Å². The summed E-state index contributed by atoms with van der Waals surface area (Å²) in [7, 11) is 0. The average Bonchev–Trinajstić information content (AvgIpc) is 2.84. The molecule has 3 aromatic carbocycles. The highest BCUT2D eigenvalue weighted by Crippen LogP contribution is 2.18. The molecule has 0 saturated carbocycles. The zero-order valence-electron chi connectivity index (χ0n) is 17.6. The molecule has 2 amide bonds. The van der Waals surface area contributed by atoms with Gasteiger partial charge in [0.15, 0.2) is 0 Å². The number of para-hydroxylation sites is 1. The van der Waals surface area contributed by atoms with Crippen molar-refractivity contribution < 1.29 is 9.59 Å². The molecule has 0 unspecified atom stereocenters. The Balaban J connectivity index is 1.38. The topological polar surface area (TPSA) is 43.9 Å². The van der Waals surface area contributed by atoms with Crippen LogP contribution in [-0.2, 0) is 11.3 Å². The van der Waals surface area contributed by atoms with Gasteiger partial charge < -0.3 is 9.80 Å². The molecule has 0 aromatic heterocycles. The first-order chi connectivity index (χ1) is 15.2. The van der Waals surface area contributed by atoms with E-state index >= 15 is 0 Å². The van der Waals surface area contributed by atoms with Gasteiger partial charge in [-0.05, 0) is 29.8 Å². The first kappa shape index (κ1) is 20.8. The maximum Gasteiger partial charge on any atom is 0.253 e. The van der Waals surface area contributed by atoms with E-state index in [4.69, 9.17) is 0 Å². The van der Waals surface area contributed by atoms with Crippen molar-refractivity contribution in [2.24, 2.45) is 0 Å². The van der Waals surface area contributed by atoms with Crippen LogP contribution in [0.1, 0.15) is 15.9 Å². The van der Waals surface area contributed by atoms with Crippen molar-refractivity contribution in [3.8, 4) is 0 Å². The molecule has 5 nitrogen and oxygen atoms in total. The van der Waals surface area contributed by atoms with Crippen molar-refractivity contribution in [3.63, 3.8) is 0 Å². The zero-order valence-corrected chi connectivity index (χ0v) is 17.6.